The molecule has 1 aromatic heterocycles. The average molecular weight is 241 g/mol. The molecule has 3 N–H and O–H groups in total. The third-order valence-corrected chi connectivity index (χ3v) is 3.81. The predicted octanol–water partition coefficient (Wildman–Crippen LogP) is 2.92. The molecule has 0 unspecified atom stereocenters. The lowest BCUT2D eigenvalue weighted by Gasteiger charge is -2.28. The molecule has 0 saturated heterocycles. The van der Waals surface area contributed by atoms with Gasteiger partial charge in [0.15, 0.2) is 0 Å². The summed E-state index contributed by atoms with van der Waals surface area (Å²) >= 11 is 0. The van der Waals surface area contributed by atoms with E-state index >= 15 is 0 Å². The summed E-state index contributed by atoms with van der Waals surface area (Å²) in [5.41, 5.74) is 7.16. The van der Waals surface area contributed by atoms with Gasteiger partial charge in [0, 0.05) is 40.9 Å². The lowest BCUT2D eigenvalue weighted by Crippen LogP contribution is -2.32. The van der Waals surface area contributed by atoms with Crippen molar-refractivity contribution in [1.82, 2.24) is 4.98 Å². The van der Waals surface area contributed by atoms with Crippen LogP contribution in [0, 0.1) is 0 Å². The molecule has 0 bridgehead atoms. The normalized spacial score (nSPS) is 24.1. The smallest absolute Gasteiger partial charge is 0.0423 e. The molecule has 1 saturated carbocycles. The summed E-state index contributed by atoms with van der Waals surface area (Å²) in [5.74, 6) is 0. The monoisotopic (exact) mass is 241 g/mol. The van der Waals surface area contributed by atoms with Gasteiger partial charge in [-0.25, -0.2) is 0 Å². The third-order valence-electron chi connectivity index (χ3n) is 3.81. The third kappa shape index (κ3) is 2.31. The second-order valence-corrected chi connectivity index (χ2v) is 5.16. The summed E-state index contributed by atoms with van der Waals surface area (Å²) in [6.07, 6.45) is 8.36. The van der Waals surface area contributed by atoms with Crippen LogP contribution in [0.3, 0.4) is 0 Å². The number of hydrogen-bond acceptors (Lipinski definition) is 3. The molecule has 2 aromatic rings. The van der Waals surface area contributed by atoms with Gasteiger partial charge >= 0.3 is 0 Å². The Balaban J connectivity index is 1.82. The van der Waals surface area contributed by atoms with Crippen molar-refractivity contribution in [3.05, 3.63) is 36.7 Å². The van der Waals surface area contributed by atoms with Crippen molar-refractivity contribution in [3.8, 4) is 0 Å². The Labute approximate surface area is 107 Å². The highest BCUT2D eigenvalue weighted by atomic mass is 14.9. The predicted molar refractivity (Wildman–Crippen MR) is 75.6 cm³/mol. The minimum absolute atomic E-state index is 0.403. The van der Waals surface area contributed by atoms with Gasteiger partial charge in [-0.1, -0.05) is 12.1 Å². The van der Waals surface area contributed by atoms with Crippen LogP contribution in [-0.4, -0.2) is 17.1 Å². The van der Waals surface area contributed by atoms with Crippen molar-refractivity contribution < 1.29 is 0 Å². The van der Waals surface area contributed by atoms with Crippen LogP contribution in [0.15, 0.2) is 36.7 Å². The lowest BCUT2D eigenvalue weighted by atomic mass is 9.91. The lowest BCUT2D eigenvalue weighted by molar-refractivity contribution is 0.411. The standard InChI is InChI=1S/C15H19N3/c16-12-4-6-13(7-5-12)18-15-3-1-2-11-10-17-9-8-14(11)15/h1-3,8-10,12-13,18H,4-7,16H2/t12-,13+. The topological polar surface area (TPSA) is 50.9 Å². The van der Waals surface area contributed by atoms with E-state index in [-0.39, 0.29) is 0 Å². The van der Waals surface area contributed by atoms with Crippen LogP contribution in [0.25, 0.3) is 10.8 Å². The quantitative estimate of drug-likeness (QED) is 0.850. The van der Waals surface area contributed by atoms with Crippen LogP contribution in [0.5, 0.6) is 0 Å². The zero-order valence-corrected chi connectivity index (χ0v) is 10.5. The number of aromatic nitrogens is 1. The number of nitrogens with zero attached hydrogens (tertiary/aromatic N) is 1. The van der Waals surface area contributed by atoms with E-state index in [4.69, 9.17) is 5.73 Å². The minimum atomic E-state index is 0.403. The van der Waals surface area contributed by atoms with Gasteiger partial charge in [-0.2, -0.15) is 0 Å². The first-order valence-electron chi connectivity index (χ1n) is 6.68. The number of nitrogens with one attached hydrogen (secondary N) is 1. The summed E-state index contributed by atoms with van der Waals surface area (Å²) < 4.78 is 0. The molecule has 1 aliphatic carbocycles. The van der Waals surface area contributed by atoms with Crippen molar-refractivity contribution in [1.29, 1.82) is 0 Å². The van der Waals surface area contributed by atoms with Crippen molar-refractivity contribution in [2.75, 3.05) is 5.32 Å². The Bertz CT molecular complexity index is 525. The number of hydrogen-bond donors (Lipinski definition) is 2. The molecule has 0 atom stereocenters. The fraction of sp³-hybridized carbons (Fsp3) is 0.400. The molecule has 1 fully saturated rings. The van der Waals surface area contributed by atoms with Crippen LogP contribution >= 0.6 is 0 Å². The maximum atomic E-state index is 5.94. The van der Waals surface area contributed by atoms with Crippen molar-refractivity contribution in [3.63, 3.8) is 0 Å². The number of fused-ring (bicyclic) bond motifs is 1. The van der Waals surface area contributed by atoms with Gasteiger partial charge in [0.25, 0.3) is 0 Å². The van der Waals surface area contributed by atoms with E-state index in [1.54, 1.807) is 0 Å². The van der Waals surface area contributed by atoms with Crippen LogP contribution in [0.2, 0.25) is 0 Å². The van der Waals surface area contributed by atoms with Gasteiger partial charge in [-0.15, -0.1) is 0 Å². The molecule has 0 spiro atoms. The number of pyridine rings is 1. The number of nitrogens with two attached hydrogens (primary N) is 1. The first kappa shape index (κ1) is 11.5. The molecular formula is C15H19N3. The molecule has 1 heterocycles. The summed E-state index contributed by atoms with van der Waals surface area (Å²) in [7, 11) is 0. The summed E-state index contributed by atoms with van der Waals surface area (Å²) in [6.45, 7) is 0. The number of benzene rings is 1. The Morgan fingerprint density at radius 2 is 1.94 bits per heavy atom. The second-order valence-electron chi connectivity index (χ2n) is 5.16. The molecule has 1 aromatic carbocycles. The van der Waals surface area contributed by atoms with Gasteiger partial charge in [-0.3, -0.25) is 4.98 Å². The van der Waals surface area contributed by atoms with Gasteiger partial charge in [0.05, 0.1) is 0 Å². The number of anilines is 1. The van der Waals surface area contributed by atoms with Gasteiger partial charge < -0.3 is 11.1 Å². The molecule has 0 radical (unpaired) electrons. The van der Waals surface area contributed by atoms with Crippen molar-refractivity contribution in [2.45, 2.75) is 37.8 Å². The largest absolute Gasteiger partial charge is 0.382 e. The Hall–Kier alpha value is -1.61. The molecular weight excluding hydrogens is 222 g/mol. The molecule has 94 valence electrons. The van der Waals surface area contributed by atoms with E-state index in [1.807, 2.05) is 12.4 Å². The maximum Gasteiger partial charge on any atom is 0.0423 e. The molecule has 0 amide bonds. The van der Waals surface area contributed by atoms with Crippen LogP contribution in [0.1, 0.15) is 25.7 Å². The first-order chi connectivity index (χ1) is 8.83. The van der Waals surface area contributed by atoms with Gasteiger partial charge in [0.1, 0.15) is 0 Å². The Morgan fingerprint density at radius 1 is 1.11 bits per heavy atom. The SMILES string of the molecule is N[C@H]1CC[C@@H](Nc2cccc3cnccc23)CC1. The minimum Gasteiger partial charge on any atom is -0.382 e. The highest BCUT2D eigenvalue weighted by Gasteiger charge is 2.18. The van der Waals surface area contributed by atoms with E-state index in [0.29, 0.717) is 12.1 Å². The van der Waals surface area contributed by atoms with Crippen molar-refractivity contribution >= 4 is 16.5 Å². The van der Waals surface area contributed by atoms with Crippen LogP contribution < -0.4 is 11.1 Å². The summed E-state index contributed by atoms with van der Waals surface area (Å²) in [5, 5.41) is 6.10. The fourth-order valence-electron chi connectivity index (χ4n) is 2.73. The average Bonchev–Trinajstić information content (AvgIpc) is 2.42. The van der Waals surface area contributed by atoms with Crippen LogP contribution in [-0.2, 0) is 0 Å². The van der Waals surface area contributed by atoms with Crippen molar-refractivity contribution in [2.24, 2.45) is 5.73 Å². The zero-order valence-electron chi connectivity index (χ0n) is 10.5. The van der Waals surface area contributed by atoms with E-state index in [1.165, 1.54) is 29.3 Å². The summed E-state index contributed by atoms with van der Waals surface area (Å²) in [6, 6.07) is 9.37. The number of rotatable bonds is 2. The van der Waals surface area contributed by atoms with E-state index in [0.717, 1.165) is 12.8 Å². The molecule has 3 heteroatoms. The molecule has 3 nitrogen and oxygen atoms in total. The van der Waals surface area contributed by atoms with Gasteiger partial charge in [-0.05, 0) is 37.8 Å². The summed E-state index contributed by atoms with van der Waals surface area (Å²) in [4.78, 5) is 4.17. The molecule has 3 rings (SSSR count). The maximum absolute atomic E-state index is 5.94. The first-order valence-corrected chi connectivity index (χ1v) is 6.68. The highest BCUT2D eigenvalue weighted by Crippen LogP contribution is 2.26. The van der Waals surface area contributed by atoms with E-state index in [2.05, 4.69) is 34.6 Å². The fourth-order valence-corrected chi connectivity index (χ4v) is 2.73. The van der Waals surface area contributed by atoms with E-state index in [9.17, 15) is 0 Å². The Morgan fingerprint density at radius 3 is 2.78 bits per heavy atom. The van der Waals surface area contributed by atoms with E-state index < -0.39 is 0 Å². The second kappa shape index (κ2) is 4.94. The van der Waals surface area contributed by atoms with Crippen LogP contribution in [0.4, 0.5) is 5.69 Å². The molecule has 0 aliphatic heterocycles. The van der Waals surface area contributed by atoms with Gasteiger partial charge in [0.2, 0.25) is 0 Å². The Kier molecular flexibility index (Phi) is 3.15. The zero-order chi connectivity index (χ0) is 12.4. The molecule has 1 aliphatic rings. The molecule has 18 heavy (non-hydrogen) atoms. The highest BCUT2D eigenvalue weighted by molar-refractivity contribution is 5.93.